The Balaban J connectivity index is 1.72. The number of nitrogens with one attached hydrogen (secondary N) is 1. The molecular formula is C21H26N2O5S. The number of amides is 1. The van der Waals surface area contributed by atoms with Crippen molar-refractivity contribution in [1.82, 2.24) is 4.90 Å². The van der Waals surface area contributed by atoms with E-state index in [1.807, 2.05) is 13.8 Å². The summed E-state index contributed by atoms with van der Waals surface area (Å²) >= 11 is 0. The van der Waals surface area contributed by atoms with Gasteiger partial charge in [-0.1, -0.05) is 12.1 Å². The molecule has 0 radical (unpaired) electrons. The zero-order chi connectivity index (χ0) is 21.0. The Hall–Kier alpha value is -2.58. The fourth-order valence-corrected chi connectivity index (χ4v) is 4.43. The molecule has 1 saturated heterocycles. The van der Waals surface area contributed by atoms with Crippen LogP contribution in [0.25, 0.3) is 0 Å². The molecule has 156 valence electrons. The minimum absolute atomic E-state index is 0.0431. The number of hydrogen-bond donors (Lipinski definition) is 1. The molecule has 3 rings (SSSR count). The summed E-state index contributed by atoms with van der Waals surface area (Å²) in [5.41, 5.74) is 3.07. The lowest BCUT2D eigenvalue weighted by atomic mass is 10.1. The SMILES string of the molecule is COc1cc(C)c(C)cc1S(=O)(=O)Nc1ccc(CC(=O)N2CCOCC2)cc1. The largest absolute Gasteiger partial charge is 0.495 e. The zero-order valence-electron chi connectivity index (χ0n) is 16.9. The number of nitrogens with zero attached hydrogens (tertiary/aromatic N) is 1. The van der Waals surface area contributed by atoms with Gasteiger partial charge < -0.3 is 14.4 Å². The molecule has 1 amide bonds. The highest BCUT2D eigenvalue weighted by atomic mass is 32.2. The van der Waals surface area contributed by atoms with Crippen LogP contribution in [0.3, 0.4) is 0 Å². The molecule has 0 spiro atoms. The molecule has 2 aromatic carbocycles. The van der Waals surface area contributed by atoms with E-state index in [1.165, 1.54) is 7.11 Å². The van der Waals surface area contributed by atoms with Gasteiger partial charge in [0.1, 0.15) is 10.6 Å². The average molecular weight is 419 g/mol. The number of methoxy groups -OCH3 is 1. The second-order valence-corrected chi connectivity index (χ2v) is 8.71. The van der Waals surface area contributed by atoms with Gasteiger partial charge in [-0.05, 0) is 54.8 Å². The summed E-state index contributed by atoms with van der Waals surface area (Å²) in [5.74, 6) is 0.342. The Morgan fingerprint density at radius 3 is 2.34 bits per heavy atom. The highest BCUT2D eigenvalue weighted by Gasteiger charge is 2.21. The van der Waals surface area contributed by atoms with Crippen LogP contribution < -0.4 is 9.46 Å². The summed E-state index contributed by atoms with van der Waals surface area (Å²) in [4.78, 5) is 14.2. The summed E-state index contributed by atoms with van der Waals surface area (Å²) in [5, 5.41) is 0. The van der Waals surface area contributed by atoms with E-state index in [0.29, 0.717) is 37.7 Å². The molecule has 1 N–H and O–H groups in total. The number of sulfonamides is 1. The van der Waals surface area contributed by atoms with Gasteiger partial charge >= 0.3 is 0 Å². The van der Waals surface area contributed by atoms with Crippen LogP contribution in [0.2, 0.25) is 0 Å². The molecule has 1 heterocycles. The smallest absolute Gasteiger partial charge is 0.265 e. The first-order valence-corrected chi connectivity index (χ1v) is 10.9. The monoisotopic (exact) mass is 418 g/mol. The Kier molecular flexibility index (Phi) is 6.44. The van der Waals surface area contributed by atoms with Crippen LogP contribution in [0.4, 0.5) is 5.69 Å². The summed E-state index contributed by atoms with van der Waals surface area (Å²) in [6.45, 7) is 6.10. The van der Waals surface area contributed by atoms with Gasteiger partial charge in [-0.2, -0.15) is 0 Å². The molecule has 0 unspecified atom stereocenters. The Labute approximate surface area is 171 Å². The number of hydrogen-bond acceptors (Lipinski definition) is 5. The standard InChI is InChI=1S/C21H26N2O5S/c1-15-12-19(27-3)20(13-16(15)2)29(25,26)22-18-6-4-17(5-7-18)14-21(24)23-8-10-28-11-9-23/h4-7,12-13,22H,8-11,14H2,1-3H3. The average Bonchev–Trinajstić information content (AvgIpc) is 2.71. The summed E-state index contributed by atoms with van der Waals surface area (Å²) in [7, 11) is -2.36. The summed E-state index contributed by atoms with van der Waals surface area (Å²) in [6.07, 6.45) is 0.276. The third-order valence-corrected chi connectivity index (χ3v) is 6.40. The van der Waals surface area contributed by atoms with Crippen molar-refractivity contribution in [2.75, 3.05) is 38.1 Å². The lowest BCUT2D eigenvalue weighted by molar-refractivity contribution is -0.134. The van der Waals surface area contributed by atoms with Gasteiger partial charge in [-0.3, -0.25) is 9.52 Å². The van der Waals surface area contributed by atoms with Gasteiger partial charge in [0.25, 0.3) is 10.0 Å². The first-order chi connectivity index (χ1) is 13.8. The fourth-order valence-electron chi connectivity index (χ4n) is 3.13. The van der Waals surface area contributed by atoms with E-state index in [-0.39, 0.29) is 17.2 Å². The zero-order valence-corrected chi connectivity index (χ0v) is 17.7. The van der Waals surface area contributed by atoms with E-state index in [2.05, 4.69) is 4.72 Å². The summed E-state index contributed by atoms with van der Waals surface area (Å²) < 4.78 is 38.8. The minimum atomic E-state index is -3.81. The normalized spacial score (nSPS) is 14.5. The first-order valence-electron chi connectivity index (χ1n) is 9.42. The molecule has 1 aliphatic rings. The van der Waals surface area contributed by atoms with E-state index in [1.54, 1.807) is 41.3 Å². The fraction of sp³-hybridized carbons (Fsp3) is 0.381. The molecule has 8 heteroatoms. The van der Waals surface area contributed by atoms with Crippen LogP contribution in [0, 0.1) is 13.8 Å². The van der Waals surface area contributed by atoms with Crippen LogP contribution in [-0.2, 0) is 26.0 Å². The lowest BCUT2D eigenvalue weighted by Gasteiger charge is -2.26. The third kappa shape index (κ3) is 5.07. The van der Waals surface area contributed by atoms with Crippen LogP contribution in [0.1, 0.15) is 16.7 Å². The number of carbonyl (C=O) groups is 1. The molecule has 1 fully saturated rings. The molecule has 7 nitrogen and oxygen atoms in total. The molecule has 1 aliphatic heterocycles. The van der Waals surface area contributed by atoms with E-state index < -0.39 is 10.0 Å². The lowest BCUT2D eigenvalue weighted by Crippen LogP contribution is -2.41. The highest BCUT2D eigenvalue weighted by Crippen LogP contribution is 2.29. The maximum atomic E-state index is 12.9. The van der Waals surface area contributed by atoms with E-state index in [0.717, 1.165) is 16.7 Å². The molecule has 0 aliphatic carbocycles. The Morgan fingerprint density at radius 2 is 1.72 bits per heavy atom. The number of rotatable bonds is 6. The van der Waals surface area contributed by atoms with Crippen LogP contribution in [0.5, 0.6) is 5.75 Å². The van der Waals surface area contributed by atoms with Gasteiger partial charge in [-0.25, -0.2) is 8.42 Å². The Morgan fingerprint density at radius 1 is 1.10 bits per heavy atom. The molecule has 0 bridgehead atoms. The second kappa shape index (κ2) is 8.84. The maximum Gasteiger partial charge on any atom is 0.265 e. The maximum absolute atomic E-state index is 12.9. The predicted octanol–water partition coefficient (Wildman–Crippen LogP) is 2.51. The van der Waals surface area contributed by atoms with Crippen LogP contribution in [-0.4, -0.2) is 52.6 Å². The van der Waals surface area contributed by atoms with Crippen molar-refractivity contribution in [3.63, 3.8) is 0 Å². The van der Waals surface area contributed by atoms with Gasteiger partial charge in [0.2, 0.25) is 5.91 Å². The molecule has 2 aromatic rings. The van der Waals surface area contributed by atoms with Crippen molar-refractivity contribution >= 4 is 21.6 Å². The number of morpholine rings is 1. The first kappa shape index (κ1) is 21.1. The number of ether oxygens (including phenoxy) is 2. The van der Waals surface area contributed by atoms with Crippen LogP contribution >= 0.6 is 0 Å². The molecule has 0 atom stereocenters. The van der Waals surface area contributed by atoms with Gasteiger partial charge in [0.05, 0.1) is 26.7 Å². The number of aryl methyl sites for hydroxylation is 2. The van der Waals surface area contributed by atoms with Crippen molar-refractivity contribution in [2.24, 2.45) is 0 Å². The summed E-state index contributed by atoms with van der Waals surface area (Å²) in [6, 6.07) is 10.2. The van der Waals surface area contributed by atoms with E-state index in [9.17, 15) is 13.2 Å². The van der Waals surface area contributed by atoms with Gasteiger partial charge in [0, 0.05) is 18.8 Å². The van der Waals surface area contributed by atoms with Gasteiger partial charge in [-0.15, -0.1) is 0 Å². The molecule has 29 heavy (non-hydrogen) atoms. The number of anilines is 1. The van der Waals surface area contributed by atoms with Gasteiger partial charge in [0.15, 0.2) is 0 Å². The van der Waals surface area contributed by atoms with Crippen molar-refractivity contribution < 1.29 is 22.7 Å². The highest BCUT2D eigenvalue weighted by molar-refractivity contribution is 7.92. The van der Waals surface area contributed by atoms with Crippen molar-refractivity contribution in [1.29, 1.82) is 0 Å². The van der Waals surface area contributed by atoms with Crippen LogP contribution in [0.15, 0.2) is 41.3 Å². The van der Waals surface area contributed by atoms with E-state index in [4.69, 9.17) is 9.47 Å². The molecular weight excluding hydrogens is 392 g/mol. The number of carbonyl (C=O) groups excluding carboxylic acids is 1. The van der Waals surface area contributed by atoms with Crippen molar-refractivity contribution in [3.05, 3.63) is 53.1 Å². The third-order valence-electron chi connectivity index (χ3n) is 4.99. The molecule has 0 aromatic heterocycles. The quantitative estimate of drug-likeness (QED) is 0.779. The van der Waals surface area contributed by atoms with Crippen molar-refractivity contribution in [3.8, 4) is 5.75 Å². The molecule has 0 saturated carbocycles. The predicted molar refractivity (Wildman–Crippen MR) is 111 cm³/mol. The van der Waals surface area contributed by atoms with E-state index >= 15 is 0 Å². The topological polar surface area (TPSA) is 84.9 Å². The minimum Gasteiger partial charge on any atom is -0.495 e. The number of benzene rings is 2. The second-order valence-electron chi connectivity index (χ2n) is 7.06. The Bertz CT molecular complexity index is 981. The van der Waals surface area contributed by atoms with Crippen molar-refractivity contribution in [2.45, 2.75) is 25.2 Å².